The van der Waals surface area contributed by atoms with Gasteiger partial charge in [0.2, 0.25) is 5.91 Å². The highest BCUT2D eigenvalue weighted by molar-refractivity contribution is 7.10. The molecule has 0 aliphatic heterocycles. The molecule has 2 aromatic carbocycles. The lowest BCUT2D eigenvalue weighted by molar-refractivity contribution is -0.115. The molecule has 0 aliphatic carbocycles. The summed E-state index contributed by atoms with van der Waals surface area (Å²) in [7, 11) is 0. The number of thiophene rings is 1. The smallest absolute Gasteiger partial charge is 0.238 e. The number of para-hydroxylation sites is 1. The van der Waals surface area contributed by atoms with Gasteiger partial charge in [-0.3, -0.25) is 10.1 Å². The molecule has 0 aliphatic rings. The highest BCUT2D eigenvalue weighted by atomic mass is 32.1. The molecule has 0 spiro atoms. The standard InChI is InChI=1S/C19H16F2N2OS/c20-14-9-7-13(8-10-14)19(17-6-3-11-25-17)22-12-18(24)23-16-5-2-1-4-15(16)21/h1-11,19,22H,12H2,(H,23,24). The number of carbonyl (C=O) groups excluding carboxylic acids is 1. The molecule has 2 N–H and O–H groups in total. The Kier molecular flexibility index (Phi) is 5.53. The van der Waals surface area contributed by atoms with Gasteiger partial charge in [-0.2, -0.15) is 0 Å². The minimum Gasteiger partial charge on any atom is -0.322 e. The Hall–Kier alpha value is -2.57. The van der Waals surface area contributed by atoms with E-state index in [9.17, 15) is 13.6 Å². The molecule has 128 valence electrons. The van der Waals surface area contributed by atoms with Crippen LogP contribution in [-0.2, 0) is 4.79 Å². The summed E-state index contributed by atoms with van der Waals surface area (Å²) >= 11 is 1.54. The van der Waals surface area contributed by atoms with Crippen molar-refractivity contribution in [2.24, 2.45) is 0 Å². The van der Waals surface area contributed by atoms with E-state index in [1.807, 2.05) is 17.5 Å². The number of hydrogen-bond donors (Lipinski definition) is 2. The Morgan fingerprint density at radius 3 is 2.44 bits per heavy atom. The third-order valence-corrected chi connectivity index (χ3v) is 4.58. The fraction of sp³-hybridized carbons (Fsp3) is 0.105. The van der Waals surface area contributed by atoms with Crippen LogP contribution in [0.15, 0.2) is 66.0 Å². The molecule has 1 heterocycles. The summed E-state index contributed by atoms with van der Waals surface area (Å²) in [6.07, 6.45) is 0. The Morgan fingerprint density at radius 1 is 1.00 bits per heavy atom. The highest BCUT2D eigenvalue weighted by Crippen LogP contribution is 2.26. The van der Waals surface area contributed by atoms with Crippen molar-refractivity contribution < 1.29 is 13.6 Å². The monoisotopic (exact) mass is 358 g/mol. The van der Waals surface area contributed by atoms with Gasteiger partial charge in [0.15, 0.2) is 0 Å². The summed E-state index contributed by atoms with van der Waals surface area (Å²) in [5.74, 6) is -1.15. The van der Waals surface area contributed by atoms with Crippen LogP contribution in [0.1, 0.15) is 16.5 Å². The van der Waals surface area contributed by atoms with Crippen molar-refractivity contribution in [1.82, 2.24) is 5.32 Å². The van der Waals surface area contributed by atoms with E-state index in [0.29, 0.717) is 0 Å². The molecule has 1 aromatic heterocycles. The molecule has 0 radical (unpaired) electrons. The normalized spacial score (nSPS) is 11.9. The molecule has 3 nitrogen and oxygen atoms in total. The van der Waals surface area contributed by atoms with Gasteiger partial charge in [-0.05, 0) is 41.3 Å². The van der Waals surface area contributed by atoms with E-state index in [2.05, 4.69) is 10.6 Å². The summed E-state index contributed by atoms with van der Waals surface area (Å²) in [5, 5.41) is 7.63. The van der Waals surface area contributed by atoms with Crippen molar-refractivity contribution in [3.05, 3.63) is 88.1 Å². The number of rotatable bonds is 6. The van der Waals surface area contributed by atoms with E-state index in [0.717, 1.165) is 10.4 Å². The van der Waals surface area contributed by atoms with Crippen molar-refractivity contribution in [2.45, 2.75) is 6.04 Å². The average molecular weight is 358 g/mol. The lowest BCUT2D eigenvalue weighted by Gasteiger charge is -2.18. The van der Waals surface area contributed by atoms with Crippen LogP contribution >= 0.6 is 11.3 Å². The van der Waals surface area contributed by atoms with Crippen LogP contribution in [0.4, 0.5) is 14.5 Å². The first-order valence-corrected chi connectivity index (χ1v) is 8.58. The van der Waals surface area contributed by atoms with Gasteiger partial charge in [0, 0.05) is 4.88 Å². The van der Waals surface area contributed by atoms with Gasteiger partial charge in [0.05, 0.1) is 18.3 Å². The molecule has 1 unspecified atom stereocenters. The molecule has 1 atom stereocenters. The predicted molar refractivity (Wildman–Crippen MR) is 95.6 cm³/mol. The van der Waals surface area contributed by atoms with E-state index in [-0.39, 0.29) is 30.0 Å². The lowest BCUT2D eigenvalue weighted by atomic mass is 10.1. The second kappa shape index (κ2) is 8.00. The number of amides is 1. The van der Waals surface area contributed by atoms with Crippen LogP contribution < -0.4 is 10.6 Å². The van der Waals surface area contributed by atoms with Gasteiger partial charge in [-0.25, -0.2) is 8.78 Å². The van der Waals surface area contributed by atoms with Crippen LogP contribution in [0, 0.1) is 11.6 Å². The molecule has 1 amide bonds. The maximum atomic E-state index is 13.6. The Morgan fingerprint density at radius 2 is 1.76 bits per heavy atom. The van der Waals surface area contributed by atoms with E-state index in [1.54, 1.807) is 35.6 Å². The van der Waals surface area contributed by atoms with Gasteiger partial charge in [-0.15, -0.1) is 11.3 Å². The van der Waals surface area contributed by atoms with Crippen LogP contribution in [-0.4, -0.2) is 12.5 Å². The molecule has 6 heteroatoms. The molecule has 3 aromatic rings. The van der Waals surface area contributed by atoms with Crippen molar-refractivity contribution in [1.29, 1.82) is 0 Å². The van der Waals surface area contributed by atoms with Crippen LogP contribution in [0.5, 0.6) is 0 Å². The number of nitrogens with one attached hydrogen (secondary N) is 2. The second-order valence-corrected chi connectivity index (χ2v) is 6.39. The molecule has 0 fully saturated rings. The number of halogens is 2. The first-order chi connectivity index (χ1) is 12.1. The van der Waals surface area contributed by atoms with Gasteiger partial charge >= 0.3 is 0 Å². The van der Waals surface area contributed by atoms with E-state index >= 15 is 0 Å². The third-order valence-electron chi connectivity index (χ3n) is 3.65. The zero-order valence-electron chi connectivity index (χ0n) is 13.2. The predicted octanol–water partition coefficient (Wildman–Crippen LogP) is 4.34. The Balaban J connectivity index is 1.70. The molecule has 0 saturated carbocycles. The maximum absolute atomic E-state index is 13.6. The van der Waals surface area contributed by atoms with Gasteiger partial charge in [0.25, 0.3) is 0 Å². The Bertz CT molecular complexity index is 835. The zero-order chi connectivity index (χ0) is 17.6. The summed E-state index contributed by atoms with van der Waals surface area (Å²) in [5.41, 5.74) is 0.992. The maximum Gasteiger partial charge on any atom is 0.238 e. The summed E-state index contributed by atoms with van der Waals surface area (Å²) in [6.45, 7) is -0.00568. The number of hydrogen-bond acceptors (Lipinski definition) is 3. The van der Waals surface area contributed by atoms with Crippen molar-refractivity contribution in [2.75, 3.05) is 11.9 Å². The molecule has 0 bridgehead atoms. The van der Waals surface area contributed by atoms with Gasteiger partial charge in [-0.1, -0.05) is 30.3 Å². The topological polar surface area (TPSA) is 41.1 Å². The summed E-state index contributed by atoms with van der Waals surface area (Å²) in [4.78, 5) is 13.1. The van der Waals surface area contributed by atoms with E-state index < -0.39 is 5.82 Å². The van der Waals surface area contributed by atoms with Crippen molar-refractivity contribution in [3.63, 3.8) is 0 Å². The Labute approximate surface area is 148 Å². The molecular formula is C19H16F2N2OS. The number of carbonyl (C=O) groups is 1. The van der Waals surface area contributed by atoms with Crippen molar-refractivity contribution >= 4 is 22.9 Å². The van der Waals surface area contributed by atoms with Gasteiger partial charge in [0.1, 0.15) is 11.6 Å². The van der Waals surface area contributed by atoms with Crippen LogP contribution in [0.2, 0.25) is 0 Å². The molecule has 3 rings (SSSR count). The van der Waals surface area contributed by atoms with E-state index in [1.165, 1.54) is 24.3 Å². The quantitative estimate of drug-likeness (QED) is 0.688. The SMILES string of the molecule is O=C(CNC(c1ccc(F)cc1)c1cccs1)Nc1ccccc1F. The lowest BCUT2D eigenvalue weighted by Crippen LogP contribution is -2.31. The summed E-state index contributed by atoms with van der Waals surface area (Å²) in [6, 6.07) is 15.8. The molecule has 25 heavy (non-hydrogen) atoms. The molecular weight excluding hydrogens is 342 g/mol. The molecule has 0 saturated heterocycles. The summed E-state index contributed by atoms with van der Waals surface area (Å²) < 4.78 is 26.8. The van der Waals surface area contributed by atoms with Crippen LogP contribution in [0.25, 0.3) is 0 Å². The largest absolute Gasteiger partial charge is 0.322 e. The van der Waals surface area contributed by atoms with Crippen LogP contribution in [0.3, 0.4) is 0 Å². The number of benzene rings is 2. The second-order valence-electron chi connectivity index (χ2n) is 5.41. The highest BCUT2D eigenvalue weighted by Gasteiger charge is 2.16. The zero-order valence-corrected chi connectivity index (χ0v) is 14.0. The number of anilines is 1. The third kappa shape index (κ3) is 4.49. The van der Waals surface area contributed by atoms with Crippen molar-refractivity contribution in [3.8, 4) is 0 Å². The minimum atomic E-state index is -0.482. The first kappa shape index (κ1) is 17.3. The fourth-order valence-electron chi connectivity index (χ4n) is 2.45. The first-order valence-electron chi connectivity index (χ1n) is 7.70. The van der Waals surface area contributed by atoms with E-state index in [4.69, 9.17) is 0 Å². The minimum absolute atomic E-state index is 0.00568. The average Bonchev–Trinajstić information content (AvgIpc) is 3.13. The fourth-order valence-corrected chi connectivity index (χ4v) is 3.27. The van der Waals surface area contributed by atoms with Gasteiger partial charge < -0.3 is 5.32 Å².